The van der Waals surface area contributed by atoms with Gasteiger partial charge in [-0.3, -0.25) is 4.98 Å². The number of piperidine rings is 1. The van der Waals surface area contributed by atoms with Gasteiger partial charge in [0.1, 0.15) is 0 Å². The first-order valence-electron chi connectivity index (χ1n) is 8.34. The number of hydrogen-bond donors (Lipinski definition) is 2. The predicted molar refractivity (Wildman–Crippen MR) is 96.8 cm³/mol. The van der Waals surface area contributed by atoms with E-state index in [4.69, 9.17) is 11.1 Å². The van der Waals surface area contributed by atoms with Gasteiger partial charge in [-0.1, -0.05) is 19.1 Å². The fourth-order valence-electron chi connectivity index (χ4n) is 3.27. The lowest BCUT2D eigenvalue weighted by atomic mass is 9.88. The van der Waals surface area contributed by atoms with Crippen LogP contribution in [0.2, 0.25) is 0 Å². The standard InChI is InChI=1S/C19H23FN4/c1-2-24-7-5-19(20,6-8-24)18-10-16-9-14(17(11-21)12-22)3-4-15(16)13-23-18/h3-4,9-13,21H,2,5-8,22H2,1H3/b17-12+,21-11?. The van der Waals surface area contributed by atoms with Gasteiger partial charge in [-0.15, -0.1) is 0 Å². The molecule has 2 aromatic rings. The summed E-state index contributed by atoms with van der Waals surface area (Å²) in [5.41, 5.74) is 6.21. The highest BCUT2D eigenvalue weighted by molar-refractivity contribution is 6.09. The first-order valence-corrected chi connectivity index (χ1v) is 8.34. The molecule has 3 rings (SSSR count). The number of rotatable bonds is 4. The number of aromatic nitrogens is 1. The first-order chi connectivity index (χ1) is 11.6. The van der Waals surface area contributed by atoms with Crippen molar-refractivity contribution in [2.24, 2.45) is 5.73 Å². The lowest BCUT2D eigenvalue weighted by Gasteiger charge is -2.35. The molecule has 0 aliphatic carbocycles. The van der Waals surface area contributed by atoms with Gasteiger partial charge in [0, 0.05) is 42.7 Å². The van der Waals surface area contributed by atoms with Crippen LogP contribution >= 0.6 is 0 Å². The molecule has 2 heterocycles. The zero-order valence-electron chi connectivity index (χ0n) is 13.9. The number of nitrogens with zero attached hydrogens (tertiary/aromatic N) is 2. The molecule has 0 unspecified atom stereocenters. The number of nitrogens with one attached hydrogen (secondary N) is 1. The van der Waals surface area contributed by atoms with E-state index in [1.165, 1.54) is 12.4 Å². The summed E-state index contributed by atoms with van der Waals surface area (Å²) in [7, 11) is 0. The fraction of sp³-hybridized carbons (Fsp3) is 0.368. The molecule has 0 bridgehead atoms. The molecule has 0 spiro atoms. The van der Waals surface area contributed by atoms with E-state index in [0.29, 0.717) is 24.1 Å². The summed E-state index contributed by atoms with van der Waals surface area (Å²) < 4.78 is 15.4. The molecular weight excluding hydrogens is 303 g/mol. The van der Waals surface area contributed by atoms with E-state index in [1.54, 1.807) is 6.20 Å². The molecule has 5 heteroatoms. The molecule has 4 nitrogen and oxygen atoms in total. The third-order valence-electron chi connectivity index (χ3n) is 4.94. The third-order valence-corrected chi connectivity index (χ3v) is 4.94. The lowest BCUT2D eigenvalue weighted by molar-refractivity contribution is 0.0549. The number of benzene rings is 1. The molecule has 1 aromatic heterocycles. The highest BCUT2D eigenvalue weighted by Gasteiger charge is 2.37. The Kier molecular flexibility index (Phi) is 4.62. The van der Waals surface area contributed by atoms with Crippen LogP contribution in [0.15, 0.2) is 36.7 Å². The van der Waals surface area contributed by atoms with Crippen LogP contribution in [0.25, 0.3) is 16.3 Å². The monoisotopic (exact) mass is 326 g/mol. The predicted octanol–water partition coefficient (Wildman–Crippen LogP) is 3.46. The van der Waals surface area contributed by atoms with Crippen LogP contribution in [0.5, 0.6) is 0 Å². The van der Waals surface area contributed by atoms with Crippen molar-refractivity contribution in [2.75, 3.05) is 19.6 Å². The Morgan fingerprint density at radius 2 is 2.08 bits per heavy atom. The molecule has 0 amide bonds. The molecule has 1 fully saturated rings. The minimum atomic E-state index is -1.36. The van der Waals surface area contributed by atoms with E-state index >= 15 is 4.39 Å². The summed E-state index contributed by atoms with van der Waals surface area (Å²) >= 11 is 0. The minimum absolute atomic E-state index is 0.480. The first kappa shape index (κ1) is 16.6. The molecule has 1 aromatic carbocycles. The van der Waals surface area contributed by atoms with Crippen molar-refractivity contribution in [2.45, 2.75) is 25.4 Å². The normalized spacial score (nSPS) is 18.7. The van der Waals surface area contributed by atoms with Crippen LogP contribution < -0.4 is 5.73 Å². The van der Waals surface area contributed by atoms with Crippen molar-refractivity contribution >= 4 is 22.6 Å². The molecule has 3 N–H and O–H groups in total. The van der Waals surface area contributed by atoms with Crippen molar-refractivity contribution in [3.63, 3.8) is 0 Å². The third kappa shape index (κ3) is 3.04. The van der Waals surface area contributed by atoms with E-state index in [2.05, 4.69) is 16.8 Å². The molecule has 126 valence electrons. The number of allylic oxidation sites excluding steroid dienone is 1. The number of pyridine rings is 1. The molecule has 24 heavy (non-hydrogen) atoms. The van der Waals surface area contributed by atoms with E-state index in [-0.39, 0.29) is 0 Å². The van der Waals surface area contributed by atoms with E-state index in [9.17, 15) is 0 Å². The van der Waals surface area contributed by atoms with Gasteiger partial charge in [0.05, 0.1) is 5.69 Å². The van der Waals surface area contributed by atoms with Gasteiger partial charge in [0.25, 0.3) is 0 Å². The van der Waals surface area contributed by atoms with Crippen molar-refractivity contribution in [3.05, 3.63) is 47.9 Å². The van der Waals surface area contributed by atoms with Gasteiger partial charge in [0.15, 0.2) is 5.67 Å². The van der Waals surface area contributed by atoms with Gasteiger partial charge in [-0.05, 0) is 42.5 Å². The van der Waals surface area contributed by atoms with E-state index in [1.807, 2.05) is 24.3 Å². The van der Waals surface area contributed by atoms with Crippen molar-refractivity contribution in [1.29, 1.82) is 5.41 Å². The average Bonchev–Trinajstić information content (AvgIpc) is 2.63. The Hall–Kier alpha value is -2.27. The largest absolute Gasteiger partial charge is 0.404 e. The topological polar surface area (TPSA) is 66.0 Å². The van der Waals surface area contributed by atoms with Gasteiger partial charge < -0.3 is 16.0 Å². The fourth-order valence-corrected chi connectivity index (χ4v) is 3.27. The summed E-state index contributed by atoms with van der Waals surface area (Å²) in [4.78, 5) is 6.65. The van der Waals surface area contributed by atoms with Crippen molar-refractivity contribution < 1.29 is 4.39 Å². The van der Waals surface area contributed by atoms with Gasteiger partial charge in [-0.25, -0.2) is 4.39 Å². The summed E-state index contributed by atoms with van der Waals surface area (Å²) in [6, 6.07) is 7.62. The summed E-state index contributed by atoms with van der Waals surface area (Å²) in [6.07, 6.45) is 5.33. The summed E-state index contributed by atoms with van der Waals surface area (Å²) in [5.74, 6) is 0. The Bertz CT molecular complexity index is 776. The second-order valence-corrected chi connectivity index (χ2v) is 6.30. The number of alkyl halides is 1. The lowest BCUT2D eigenvalue weighted by Crippen LogP contribution is -2.40. The molecule has 0 atom stereocenters. The van der Waals surface area contributed by atoms with Crippen LogP contribution in [0.4, 0.5) is 4.39 Å². The van der Waals surface area contributed by atoms with E-state index in [0.717, 1.165) is 36.0 Å². The van der Waals surface area contributed by atoms with Crippen LogP contribution in [0.3, 0.4) is 0 Å². The second-order valence-electron chi connectivity index (χ2n) is 6.30. The summed E-state index contributed by atoms with van der Waals surface area (Å²) in [5, 5.41) is 9.31. The zero-order chi connectivity index (χ0) is 17.2. The number of hydrogen-bond acceptors (Lipinski definition) is 4. The highest BCUT2D eigenvalue weighted by Crippen LogP contribution is 2.37. The molecule has 1 aliphatic heterocycles. The molecular formula is C19H23FN4. The van der Waals surface area contributed by atoms with Crippen LogP contribution in [-0.2, 0) is 5.67 Å². The van der Waals surface area contributed by atoms with Crippen molar-refractivity contribution in [3.8, 4) is 0 Å². The van der Waals surface area contributed by atoms with Crippen LogP contribution in [0.1, 0.15) is 31.0 Å². The van der Waals surface area contributed by atoms with Crippen LogP contribution in [0, 0.1) is 5.41 Å². The smallest absolute Gasteiger partial charge is 0.155 e. The molecule has 0 radical (unpaired) electrons. The van der Waals surface area contributed by atoms with Crippen molar-refractivity contribution in [1.82, 2.24) is 9.88 Å². The Balaban J connectivity index is 1.97. The number of fused-ring (bicyclic) bond motifs is 1. The zero-order valence-corrected chi connectivity index (χ0v) is 13.9. The molecule has 1 aliphatic rings. The Labute approximate surface area is 141 Å². The average molecular weight is 326 g/mol. The minimum Gasteiger partial charge on any atom is -0.404 e. The highest BCUT2D eigenvalue weighted by atomic mass is 19.1. The maximum atomic E-state index is 15.4. The van der Waals surface area contributed by atoms with Gasteiger partial charge >= 0.3 is 0 Å². The van der Waals surface area contributed by atoms with Gasteiger partial charge in [0.2, 0.25) is 0 Å². The number of likely N-dealkylation sites (tertiary alicyclic amines) is 1. The Morgan fingerprint density at radius 3 is 2.71 bits per heavy atom. The molecule has 1 saturated heterocycles. The second kappa shape index (κ2) is 6.69. The molecule has 0 saturated carbocycles. The van der Waals surface area contributed by atoms with E-state index < -0.39 is 5.67 Å². The Morgan fingerprint density at radius 1 is 1.33 bits per heavy atom. The SMILES string of the molecule is CCN1CCC(F)(c2cc3cc(/C(C=N)=C/N)ccc3cn2)CC1. The van der Waals surface area contributed by atoms with Crippen LogP contribution in [-0.4, -0.2) is 35.7 Å². The maximum Gasteiger partial charge on any atom is 0.155 e. The quantitative estimate of drug-likeness (QED) is 0.846. The maximum absolute atomic E-state index is 15.4. The summed E-state index contributed by atoms with van der Waals surface area (Å²) in [6.45, 7) is 4.59. The van der Waals surface area contributed by atoms with Gasteiger partial charge in [-0.2, -0.15) is 0 Å². The number of nitrogens with two attached hydrogens (primary N) is 1. The number of halogens is 1.